The highest BCUT2D eigenvalue weighted by Gasteiger charge is 2.20. The zero-order chi connectivity index (χ0) is 16.9. The van der Waals surface area contributed by atoms with Crippen molar-refractivity contribution in [1.29, 1.82) is 0 Å². The van der Waals surface area contributed by atoms with Crippen LogP contribution in [-0.4, -0.2) is 40.6 Å². The van der Waals surface area contributed by atoms with Gasteiger partial charge in [0.15, 0.2) is 0 Å². The lowest BCUT2D eigenvalue weighted by molar-refractivity contribution is 0.0699. The number of hydrogen-bond donors (Lipinski definition) is 1. The monoisotopic (exact) mass is 362 g/mol. The zero-order valence-corrected chi connectivity index (χ0v) is 15.6. The number of carbonyl (C=O) groups is 1. The van der Waals surface area contributed by atoms with Crippen molar-refractivity contribution >= 4 is 29.3 Å². The molecule has 0 spiro atoms. The average Bonchev–Trinajstić information content (AvgIpc) is 2.60. The summed E-state index contributed by atoms with van der Waals surface area (Å²) in [4.78, 5) is 18.6. The predicted octanol–water partition coefficient (Wildman–Crippen LogP) is 4.41. The molecule has 4 nitrogen and oxygen atoms in total. The summed E-state index contributed by atoms with van der Waals surface area (Å²) >= 11 is 0. The second-order valence-electron chi connectivity index (χ2n) is 6.83. The molecule has 2 aromatic rings. The van der Waals surface area contributed by atoms with Gasteiger partial charge in [0.25, 0.3) is 0 Å². The molecule has 0 unspecified atom stereocenters. The van der Waals surface area contributed by atoms with Gasteiger partial charge in [-0.1, -0.05) is 31.5 Å². The molecular weight excluding hydrogens is 336 g/mol. The summed E-state index contributed by atoms with van der Waals surface area (Å²) in [5, 5.41) is 10.2. The third-order valence-electron chi connectivity index (χ3n) is 5.04. The highest BCUT2D eigenvalue weighted by atomic mass is 35.5. The Hall–Kier alpha value is -1.65. The van der Waals surface area contributed by atoms with Crippen LogP contribution in [0.2, 0.25) is 0 Å². The molecular formula is C20H27ClN2O2. The quantitative estimate of drug-likeness (QED) is 0.827. The smallest absolute Gasteiger partial charge is 0.337 e. The first-order valence-corrected chi connectivity index (χ1v) is 9.01. The van der Waals surface area contributed by atoms with E-state index < -0.39 is 5.97 Å². The number of rotatable bonds is 6. The van der Waals surface area contributed by atoms with E-state index in [-0.39, 0.29) is 12.4 Å². The minimum absolute atomic E-state index is 0. The van der Waals surface area contributed by atoms with Crippen molar-refractivity contribution in [3.05, 3.63) is 41.6 Å². The Morgan fingerprint density at radius 1 is 1.24 bits per heavy atom. The highest BCUT2D eigenvalue weighted by molar-refractivity contribution is 6.01. The van der Waals surface area contributed by atoms with Crippen LogP contribution in [0.3, 0.4) is 0 Å². The van der Waals surface area contributed by atoms with Crippen molar-refractivity contribution in [2.45, 2.75) is 39.0 Å². The number of halogens is 1. The van der Waals surface area contributed by atoms with Crippen LogP contribution in [0.25, 0.3) is 10.9 Å². The van der Waals surface area contributed by atoms with Crippen molar-refractivity contribution in [3.8, 4) is 0 Å². The van der Waals surface area contributed by atoms with Crippen LogP contribution in [-0.2, 0) is 6.42 Å². The fourth-order valence-corrected chi connectivity index (χ4v) is 3.57. The Kier molecular flexibility index (Phi) is 7.21. The van der Waals surface area contributed by atoms with Crippen molar-refractivity contribution in [2.24, 2.45) is 5.92 Å². The number of fused-ring (bicyclic) bond motifs is 1. The zero-order valence-electron chi connectivity index (χ0n) is 14.8. The minimum atomic E-state index is -0.908. The first-order valence-electron chi connectivity index (χ1n) is 9.01. The molecule has 1 N–H and O–H groups in total. The number of aromatic nitrogens is 1. The Morgan fingerprint density at radius 2 is 2.00 bits per heavy atom. The molecule has 0 aliphatic carbocycles. The van der Waals surface area contributed by atoms with Crippen LogP contribution in [0.5, 0.6) is 0 Å². The van der Waals surface area contributed by atoms with Crippen molar-refractivity contribution < 1.29 is 9.90 Å². The fraction of sp³-hybridized carbons (Fsp3) is 0.500. The summed E-state index contributed by atoms with van der Waals surface area (Å²) in [6.07, 6.45) is 5.92. The van der Waals surface area contributed by atoms with Gasteiger partial charge in [0, 0.05) is 11.1 Å². The molecule has 0 saturated carbocycles. The highest BCUT2D eigenvalue weighted by Crippen LogP contribution is 2.23. The second kappa shape index (κ2) is 9.16. The summed E-state index contributed by atoms with van der Waals surface area (Å²) < 4.78 is 0. The molecule has 0 atom stereocenters. The summed E-state index contributed by atoms with van der Waals surface area (Å²) in [7, 11) is 0. The molecule has 5 heteroatoms. The van der Waals surface area contributed by atoms with Crippen LogP contribution >= 0.6 is 12.4 Å². The summed E-state index contributed by atoms with van der Waals surface area (Å²) in [6.45, 7) is 5.82. The Labute approximate surface area is 155 Å². The lowest BCUT2D eigenvalue weighted by atomic mass is 9.91. The summed E-state index contributed by atoms with van der Waals surface area (Å²) in [5.74, 6) is -0.251. The van der Waals surface area contributed by atoms with E-state index in [1.165, 1.54) is 45.3 Å². The van der Waals surface area contributed by atoms with Crippen molar-refractivity contribution in [3.63, 3.8) is 0 Å². The summed E-state index contributed by atoms with van der Waals surface area (Å²) in [6, 6.07) is 9.38. The van der Waals surface area contributed by atoms with E-state index in [2.05, 4.69) is 22.9 Å². The molecule has 1 aliphatic heterocycles. The van der Waals surface area contributed by atoms with E-state index in [1.807, 2.05) is 12.1 Å². The third kappa shape index (κ3) is 4.93. The van der Waals surface area contributed by atoms with Gasteiger partial charge in [0.2, 0.25) is 0 Å². The van der Waals surface area contributed by atoms with Crippen molar-refractivity contribution in [1.82, 2.24) is 9.88 Å². The molecule has 136 valence electrons. The number of aromatic carboxylic acids is 1. The maximum Gasteiger partial charge on any atom is 0.337 e. The first-order chi connectivity index (χ1) is 11.7. The van der Waals surface area contributed by atoms with Gasteiger partial charge in [-0.3, -0.25) is 4.98 Å². The van der Waals surface area contributed by atoms with Gasteiger partial charge in [-0.05, 0) is 63.4 Å². The number of nitrogens with zero attached hydrogens (tertiary/aromatic N) is 2. The van der Waals surface area contributed by atoms with E-state index in [1.54, 1.807) is 12.1 Å². The van der Waals surface area contributed by atoms with Gasteiger partial charge in [-0.15, -0.1) is 12.4 Å². The van der Waals surface area contributed by atoms with E-state index in [9.17, 15) is 9.90 Å². The van der Waals surface area contributed by atoms with Gasteiger partial charge in [-0.2, -0.15) is 0 Å². The molecule has 1 fully saturated rings. The van der Waals surface area contributed by atoms with Gasteiger partial charge < -0.3 is 10.0 Å². The largest absolute Gasteiger partial charge is 0.478 e. The number of piperidine rings is 1. The van der Waals surface area contributed by atoms with Crippen LogP contribution in [0.1, 0.15) is 48.7 Å². The molecule has 1 saturated heterocycles. The lowest BCUT2D eigenvalue weighted by Crippen LogP contribution is -2.35. The topological polar surface area (TPSA) is 53.4 Å². The molecule has 0 amide bonds. The number of hydrogen-bond acceptors (Lipinski definition) is 3. The molecule has 1 aromatic heterocycles. The maximum atomic E-state index is 11.4. The first kappa shape index (κ1) is 19.7. The molecule has 25 heavy (non-hydrogen) atoms. The number of likely N-dealkylation sites (tertiary alicyclic amines) is 1. The number of para-hydroxylation sites is 1. The van der Waals surface area contributed by atoms with Gasteiger partial charge >= 0.3 is 5.97 Å². The second-order valence-corrected chi connectivity index (χ2v) is 6.83. The number of benzene rings is 1. The molecule has 0 bridgehead atoms. The van der Waals surface area contributed by atoms with E-state index >= 15 is 0 Å². The average molecular weight is 363 g/mol. The third-order valence-corrected chi connectivity index (χ3v) is 5.04. The minimum Gasteiger partial charge on any atom is -0.478 e. The normalized spacial score (nSPS) is 15.9. The molecule has 3 rings (SSSR count). The maximum absolute atomic E-state index is 11.4. The van der Waals surface area contributed by atoms with Crippen LogP contribution in [0, 0.1) is 5.92 Å². The fourth-order valence-electron chi connectivity index (χ4n) is 3.57. The predicted molar refractivity (Wildman–Crippen MR) is 104 cm³/mol. The molecule has 0 radical (unpaired) electrons. The van der Waals surface area contributed by atoms with Crippen molar-refractivity contribution in [2.75, 3.05) is 19.6 Å². The van der Waals surface area contributed by atoms with E-state index in [0.717, 1.165) is 17.5 Å². The van der Waals surface area contributed by atoms with Crippen LogP contribution in [0.4, 0.5) is 0 Å². The Morgan fingerprint density at radius 3 is 2.68 bits per heavy atom. The standard InChI is InChI=1S/C20H26N2O2.ClH/c1-2-3-11-22-12-9-15(10-13-22)14-17-8-7-16-5-4-6-18(20(23)24)19(16)21-17;/h4-8,15H,2-3,9-14H2,1H3,(H,23,24);1H. The number of unbranched alkanes of at least 4 members (excludes halogenated alkanes) is 1. The molecule has 1 aromatic carbocycles. The number of carboxylic acid groups (broad SMARTS) is 1. The van der Waals surface area contributed by atoms with Crippen LogP contribution in [0.15, 0.2) is 30.3 Å². The van der Waals surface area contributed by atoms with Gasteiger partial charge in [-0.25, -0.2) is 4.79 Å². The Bertz CT molecular complexity index is 712. The molecule has 1 aliphatic rings. The Balaban J connectivity index is 0.00000225. The van der Waals surface area contributed by atoms with E-state index in [0.29, 0.717) is 17.0 Å². The number of carboxylic acids is 1. The lowest BCUT2D eigenvalue weighted by Gasteiger charge is -2.31. The molecule has 2 heterocycles. The van der Waals surface area contributed by atoms with E-state index in [4.69, 9.17) is 0 Å². The summed E-state index contributed by atoms with van der Waals surface area (Å²) in [5.41, 5.74) is 1.93. The van der Waals surface area contributed by atoms with Gasteiger partial charge in [0.05, 0.1) is 11.1 Å². The SMILES string of the molecule is CCCCN1CCC(Cc2ccc3cccc(C(=O)O)c3n2)CC1.Cl. The van der Waals surface area contributed by atoms with Gasteiger partial charge in [0.1, 0.15) is 0 Å². The number of pyridine rings is 1. The van der Waals surface area contributed by atoms with Crippen LogP contribution < -0.4 is 0 Å².